The van der Waals surface area contributed by atoms with Crippen LogP contribution in [0.25, 0.3) is 0 Å². The fourth-order valence-electron chi connectivity index (χ4n) is 9.27. The molecular weight excluding hydrogens is 864 g/mol. The van der Waals surface area contributed by atoms with Crippen LogP contribution < -0.4 is 10.2 Å². The molecule has 406 valence electrons. The summed E-state index contributed by atoms with van der Waals surface area (Å²) in [6.45, 7) is 4.65. The van der Waals surface area contributed by atoms with Gasteiger partial charge >= 0.3 is 0 Å². The highest BCUT2D eigenvalue weighted by molar-refractivity contribution is 7.45. The molecule has 3 atom stereocenters. The van der Waals surface area contributed by atoms with Crippen LogP contribution in [0, 0.1) is 0 Å². The number of aliphatic hydroxyl groups excluding tert-OH is 1. The average Bonchev–Trinajstić information content (AvgIpc) is 3.30. The minimum absolute atomic E-state index is 0.0144. The molecule has 0 bridgehead atoms. The Morgan fingerprint density at radius 1 is 0.500 bits per heavy atom. The number of nitrogens with zero attached hydrogens (tertiary/aromatic N) is 1. The maximum Gasteiger partial charge on any atom is 0.268 e. The Morgan fingerprint density at radius 2 is 0.809 bits per heavy atom. The van der Waals surface area contributed by atoms with E-state index in [1.165, 1.54) is 231 Å². The summed E-state index contributed by atoms with van der Waals surface area (Å²) in [5.41, 5.74) is 0. The summed E-state index contributed by atoms with van der Waals surface area (Å²) in [7, 11) is 1.31. The van der Waals surface area contributed by atoms with Crippen molar-refractivity contribution in [2.24, 2.45) is 0 Å². The smallest absolute Gasteiger partial charge is 0.268 e. The summed E-state index contributed by atoms with van der Waals surface area (Å²) >= 11 is 0. The van der Waals surface area contributed by atoms with Crippen LogP contribution >= 0.6 is 7.82 Å². The second-order valence-corrected chi connectivity index (χ2v) is 23.5. The zero-order valence-electron chi connectivity index (χ0n) is 46.3. The Kier molecular flexibility index (Phi) is 50.6. The molecule has 8 nitrogen and oxygen atoms in total. The van der Waals surface area contributed by atoms with Gasteiger partial charge in [0.15, 0.2) is 0 Å². The molecule has 0 aliphatic rings. The van der Waals surface area contributed by atoms with Crippen molar-refractivity contribution in [3.05, 3.63) is 12.2 Å². The van der Waals surface area contributed by atoms with Gasteiger partial charge in [-0.05, 0) is 38.5 Å². The third-order valence-corrected chi connectivity index (χ3v) is 15.0. The van der Waals surface area contributed by atoms with E-state index in [2.05, 4.69) is 31.3 Å². The Morgan fingerprint density at radius 3 is 1.15 bits per heavy atom. The number of phosphoric ester groups is 1. The number of carbonyl (C=O) groups is 1. The first-order valence-electron chi connectivity index (χ1n) is 30.0. The predicted octanol–water partition coefficient (Wildman–Crippen LogP) is 17.6. The third-order valence-electron chi connectivity index (χ3n) is 14.0. The van der Waals surface area contributed by atoms with Gasteiger partial charge in [0.05, 0.1) is 39.9 Å². The minimum Gasteiger partial charge on any atom is -0.756 e. The van der Waals surface area contributed by atoms with Gasteiger partial charge in [-0.2, -0.15) is 0 Å². The maximum absolute atomic E-state index is 12.8. The molecule has 0 rings (SSSR count). The summed E-state index contributed by atoms with van der Waals surface area (Å²) in [5, 5.41) is 13.7. The van der Waals surface area contributed by atoms with Gasteiger partial charge in [-0.1, -0.05) is 276 Å². The van der Waals surface area contributed by atoms with Crippen LogP contribution in [0.2, 0.25) is 0 Å². The normalized spacial score (nSPS) is 13.9. The summed E-state index contributed by atoms with van der Waals surface area (Å²) < 4.78 is 23.1. The second kappa shape index (κ2) is 51.2. The molecule has 2 N–H and O–H groups in total. The van der Waals surface area contributed by atoms with E-state index in [1.807, 2.05) is 21.1 Å². The number of hydrogen-bond donors (Lipinski definition) is 2. The molecule has 0 aliphatic carbocycles. The highest BCUT2D eigenvalue weighted by Gasteiger charge is 2.24. The van der Waals surface area contributed by atoms with Crippen LogP contribution in [-0.2, 0) is 18.4 Å². The highest BCUT2D eigenvalue weighted by Crippen LogP contribution is 2.38. The van der Waals surface area contributed by atoms with E-state index in [-0.39, 0.29) is 19.1 Å². The first-order valence-corrected chi connectivity index (χ1v) is 31.5. The number of allylic oxidation sites excluding steroid dienone is 2. The van der Waals surface area contributed by atoms with E-state index in [1.54, 1.807) is 0 Å². The number of rotatable bonds is 56. The fraction of sp³-hybridized carbons (Fsp3) is 0.949. The number of likely N-dealkylation sites (N-methyl/N-ethyl adjacent to an activating group) is 1. The molecule has 0 spiro atoms. The summed E-state index contributed by atoms with van der Waals surface area (Å²) in [6.07, 6.45) is 63.5. The lowest BCUT2D eigenvalue weighted by molar-refractivity contribution is -0.870. The molecule has 0 saturated heterocycles. The van der Waals surface area contributed by atoms with Crippen molar-refractivity contribution in [2.75, 3.05) is 40.9 Å². The number of nitrogens with one attached hydrogen (secondary N) is 1. The zero-order chi connectivity index (χ0) is 49.9. The lowest BCUT2D eigenvalue weighted by Crippen LogP contribution is -2.46. The number of quaternary nitrogens is 1. The van der Waals surface area contributed by atoms with Crippen molar-refractivity contribution in [3.63, 3.8) is 0 Å². The van der Waals surface area contributed by atoms with E-state index in [0.29, 0.717) is 23.9 Å². The molecule has 1 amide bonds. The molecular formula is C59H119N2O6P. The standard InChI is InChI=1S/C59H119N2O6P/c1-6-8-10-12-13-14-15-16-17-18-19-20-21-22-23-24-25-26-27-28-29-30-31-32-33-34-35-36-37-38-39-40-41-42-43-44-45-46-47-49-51-53-59(63)60-57(58(62)52-50-48-11-9-7-2)56-67-68(64,65)66-55-54-61(3,4)5/h18-19,57-58,62H,6-17,20-56H2,1-5H3,(H-,60,63,64,65)/b19-18-. The summed E-state index contributed by atoms with van der Waals surface area (Å²) in [5.74, 6) is -0.166. The van der Waals surface area contributed by atoms with Crippen molar-refractivity contribution in [1.82, 2.24) is 5.32 Å². The molecule has 0 saturated carbocycles. The number of carbonyl (C=O) groups excluding carboxylic acids is 1. The van der Waals surface area contributed by atoms with Crippen LogP contribution in [0.5, 0.6) is 0 Å². The van der Waals surface area contributed by atoms with Gasteiger partial charge in [-0.15, -0.1) is 0 Å². The van der Waals surface area contributed by atoms with Crippen LogP contribution in [0.1, 0.15) is 309 Å². The van der Waals surface area contributed by atoms with Gasteiger partial charge in [0, 0.05) is 6.42 Å². The number of aliphatic hydroxyl groups is 1. The molecule has 0 fully saturated rings. The van der Waals surface area contributed by atoms with Crippen molar-refractivity contribution >= 4 is 13.7 Å². The lowest BCUT2D eigenvalue weighted by atomic mass is 10.0. The van der Waals surface area contributed by atoms with Crippen molar-refractivity contribution in [2.45, 2.75) is 321 Å². The van der Waals surface area contributed by atoms with Crippen LogP contribution in [0.15, 0.2) is 12.2 Å². The Balaban J connectivity index is 3.60. The molecule has 68 heavy (non-hydrogen) atoms. The number of amides is 1. The summed E-state index contributed by atoms with van der Waals surface area (Å²) in [6, 6.07) is -0.792. The SMILES string of the molecule is CCCCCCCCCC/C=C\CCCCCCCCCCCCCCCCCCCCCCCCCCCCCCCC(=O)NC(COP(=O)([O-])OCC[N+](C)(C)C)C(O)CCCCCCC. The first-order chi connectivity index (χ1) is 33.0. The van der Waals surface area contributed by atoms with Crippen molar-refractivity contribution in [3.8, 4) is 0 Å². The molecule has 0 aliphatic heterocycles. The van der Waals surface area contributed by atoms with Gasteiger partial charge in [0.25, 0.3) is 7.82 Å². The van der Waals surface area contributed by atoms with Gasteiger partial charge in [-0.25, -0.2) is 0 Å². The van der Waals surface area contributed by atoms with E-state index in [4.69, 9.17) is 9.05 Å². The largest absolute Gasteiger partial charge is 0.756 e. The second-order valence-electron chi connectivity index (χ2n) is 22.1. The number of unbranched alkanes of at least 4 members (excludes halogenated alkanes) is 41. The van der Waals surface area contributed by atoms with Crippen LogP contribution in [-0.4, -0.2) is 68.5 Å². The molecule has 3 unspecified atom stereocenters. The zero-order valence-corrected chi connectivity index (χ0v) is 47.2. The highest BCUT2D eigenvalue weighted by atomic mass is 31.2. The molecule has 0 aromatic carbocycles. The van der Waals surface area contributed by atoms with E-state index in [9.17, 15) is 19.4 Å². The maximum atomic E-state index is 12.8. The Labute approximate surface area is 424 Å². The first kappa shape index (κ1) is 67.2. The number of phosphoric acid groups is 1. The lowest BCUT2D eigenvalue weighted by Gasteiger charge is -2.30. The van der Waals surface area contributed by atoms with Gasteiger partial charge in [-0.3, -0.25) is 9.36 Å². The fourth-order valence-corrected chi connectivity index (χ4v) is 10.00. The Bertz CT molecular complexity index is 1120. The van der Waals surface area contributed by atoms with Crippen LogP contribution in [0.4, 0.5) is 0 Å². The van der Waals surface area contributed by atoms with Crippen molar-refractivity contribution in [1.29, 1.82) is 0 Å². The van der Waals surface area contributed by atoms with Gasteiger partial charge in [0.1, 0.15) is 13.2 Å². The molecule has 0 aromatic heterocycles. The van der Waals surface area contributed by atoms with Crippen LogP contribution in [0.3, 0.4) is 0 Å². The van der Waals surface area contributed by atoms with E-state index >= 15 is 0 Å². The monoisotopic (exact) mass is 983 g/mol. The van der Waals surface area contributed by atoms with Gasteiger partial charge < -0.3 is 28.8 Å². The molecule has 0 radical (unpaired) electrons. The van der Waals surface area contributed by atoms with Crippen molar-refractivity contribution < 1.29 is 32.9 Å². The molecule has 0 heterocycles. The number of hydrogen-bond acceptors (Lipinski definition) is 6. The molecule has 0 aromatic rings. The average molecular weight is 984 g/mol. The third kappa shape index (κ3) is 53.0. The minimum atomic E-state index is -4.55. The molecule has 9 heteroatoms. The quantitative estimate of drug-likeness (QED) is 0.0272. The van der Waals surface area contributed by atoms with E-state index < -0.39 is 20.0 Å². The topological polar surface area (TPSA) is 108 Å². The Hall–Kier alpha value is -0.760. The van der Waals surface area contributed by atoms with Gasteiger partial charge in [0.2, 0.25) is 5.91 Å². The van der Waals surface area contributed by atoms with E-state index in [0.717, 1.165) is 51.4 Å². The predicted molar refractivity (Wildman–Crippen MR) is 293 cm³/mol. The summed E-state index contributed by atoms with van der Waals surface area (Å²) in [4.78, 5) is 25.2.